The Bertz CT molecular complexity index is 393. The molecule has 20 heavy (non-hydrogen) atoms. The van der Waals surface area contributed by atoms with Gasteiger partial charge in [-0.2, -0.15) is 0 Å². The van der Waals surface area contributed by atoms with E-state index in [9.17, 15) is 5.11 Å². The van der Waals surface area contributed by atoms with Gasteiger partial charge in [-0.25, -0.2) is 0 Å². The van der Waals surface area contributed by atoms with Crippen molar-refractivity contribution in [1.29, 1.82) is 0 Å². The van der Waals surface area contributed by atoms with Crippen molar-refractivity contribution < 1.29 is 14.6 Å². The monoisotopic (exact) mass is 281 g/mol. The molecule has 1 rings (SSSR count). The highest BCUT2D eigenvalue weighted by Crippen LogP contribution is 2.31. The highest BCUT2D eigenvalue weighted by molar-refractivity contribution is 5.46. The lowest BCUT2D eigenvalue weighted by atomic mass is 10.1. The van der Waals surface area contributed by atoms with E-state index in [4.69, 9.17) is 9.47 Å². The molecule has 0 amide bonds. The van der Waals surface area contributed by atoms with Gasteiger partial charge in [0.2, 0.25) is 0 Å². The lowest BCUT2D eigenvalue weighted by Gasteiger charge is -2.17. The molecule has 0 aromatic heterocycles. The van der Waals surface area contributed by atoms with Crippen LogP contribution in [0.5, 0.6) is 11.5 Å². The Balaban J connectivity index is 2.75. The first kappa shape index (κ1) is 16.8. The van der Waals surface area contributed by atoms with E-state index >= 15 is 0 Å². The number of benzene rings is 1. The fourth-order valence-corrected chi connectivity index (χ4v) is 1.82. The van der Waals surface area contributed by atoms with Crippen LogP contribution in [-0.2, 0) is 6.54 Å². The van der Waals surface area contributed by atoms with E-state index in [1.807, 2.05) is 25.1 Å². The quantitative estimate of drug-likeness (QED) is 0.730. The van der Waals surface area contributed by atoms with Gasteiger partial charge in [0, 0.05) is 12.1 Å². The van der Waals surface area contributed by atoms with Crippen molar-refractivity contribution in [3.63, 3.8) is 0 Å². The van der Waals surface area contributed by atoms with Crippen molar-refractivity contribution in [2.45, 2.75) is 39.8 Å². The van der Waals surface area contributed by atoms with E-state index in [0.717, 1.165) is 24.4 Å². The minimum Gasteiger partial charge on any atom is -0.493 e. The zero-order valence-electron chi connectivity index (χ0n) is 13.0. The summed E-state index contributed by atoms with van der Waals surface area (Å²) in [7, 11) is 1.63. The van der Waals surface area contributed by atoms with Gasteiger partial charge in [-0.1, -0.05) is 32.9 Å². The van der Waals surface area contributed by atoms with Gasteiger partial charge in [0.25, 0.3) is 0 Å². The summed E-state index contributed by atoms with van der Waals surface area (Å²) in [5.41, 5.74) is 1.05. The van der Waals surface area contributed by atoms with Crippen molar-refractivity contribution in [1.82, 2.24) is 5.32 Å². The Hall–Kier alpha value is -1.26. The first-order valence-electron chi connectivity index (χ1n) is 7.25. The number of para-hydroxylation sites is 1. The molecule has 1 aromatic rings. The fourth-order valence-electron chi connectivity index (χ4n) is 1.82. The minimum absolute atomic E-state index is 0.286. The van der Waals surface area contributed by atoms with Crippen LogP contribution in [0.3, 0.4) is 0 Å². The second kappa shape index (κ2) is 8.82. The molecule has 0 bridgehead atoms. The molecule has 114 valence electrons. The number of aliphatic hydroxyl groups excluding tert-OH is 1. The molecule has 0 aliphatic heterocycles. The first-order chi connectivity index (χ1) is 9.58. The zero-order valence-corrected chi connectivity index (χ0v) is 13.0. The van der Waals surface area contributed by atoms with Crippen molar-refractivity contribution in [2.75, 3.05) is 20.3 Å². The molecule has 0 heterocycles. The minimum atomic E-state index is -0.448. The molecular weight excluding hydrogens is 254 g/mol. The second-order valence-corrected chi connectivity index (χ2v) is 5.35. The Morgan fingerprint density at radius 1 is 1.30 bits per heavy atom. The molecule has 4 heteroatoms. The molecule has 0 aliphatic rings. The van der Waals surface area contributed by atoms with Crippen LogP contribution in [0.2, 0.25) is 0 Å². The van der Waals surface area contributed by atoms with Crippen LogP contribution in [0.4, 0.5) is 0 Å². The smallest absolute Gasteiger partial charge is 0.165 e. The standard InChI is InChI=1S/C16H27NO3/c1-5-14(18)11-20-16-13(10-17-9-12(2)3)7-6-8-15(16)19-4/h6-8,12,14,17-18H,5,9-11H2,1-4H3. The molecule has 0 spiro atoms. The predicted molar refractivity (Wildman–Crippen MR) is 81.3 cm³/mol. The summed E-state index contributed by atoms with van der Waals surface area (Å²) in [6.45, 7) is 8.25. The third-order valence-electron chi connectivity index (χ3n) is 3.04. The number of ether oxygens (including phenoxy) is 2. The Morgan fingerprint density at radius 2 is 2.05 bits per heavy atom. The normalized spacial score (nSPS) is 12.5. The number of rotatable bonds is 9. The van der Waals surface area contributed by atoms with Crippen molar-refractivity contribution in [2.24, 2.45) is 5.92 Å². The van der Waals surface area contributed by atoms with E-state index in [0.29, 0.717) is 18.1 Å². The average molecular weight is 281 g/mol. The first-order valence-corrected chi connectivity index (χ1v) is 7.25. The predicted octanol–water partition coefficient (Wildman–Crippen LogP) is 2.59. The summed E-state index contributed by atoms with van der Waals surface area (Å²) >= 11 is 0. The number of hydrogen-bond donors (Lipinski definition) is 2. The SMILES string of the molecule is CCC(O)COc1c(CNCC(C)C)cccc1OC. The maximum absolute atomic E-state index is 9.64. The van der Waals surface area contributed by atoms with Gasteiger partial charge >= 0.3 is 0 Å². The van der Waals surface area contributed by atoms with Crippen LogP contribution >= 0.6 is 0 Å². The van der Waals surface area contributed by atoms with Crippen LogP contribution in [0.1, 0.15) is 32.8 Å². The van der Waals surface area contributed by atoms with Crippen LogP contribution in [-0.4, -0.2) is 31.5 Å². The molecular formula is C16H27NO3. The largest absolute Gasteiger partial charge is 0.493 e. The van der Waals surface area contributed by atoms with Crippen molar-refractivity contribution in [3.8, 4) is 11.5 Å². The summed E-state index contributed by atoms with van der Waals surface area (Å²) in [5, 5.41) is 13.0. The maximum atomic E-state index is 9.64. The Kier molecular flexibility index (Phi) is 7.41. The van der Waals surface area contributed by atoms with E-state index in [2.05, 4.69) is 19.2 Å². The third kappa shape index (κ3) is 5.39. The van der Waals surface area contributed by atoms with E-state index < -0.39 is 6.10 Å². The van der Waals surface area contributed by atoms with Crippen molar-refractivity contribution >= 4 is 0 Å². The third-order valence-corrected chi connectivity index (χ3v) is 3.04. The molecule has 4 nitrogen and oxygen atoms in total. The van der Waals surface area contributed by atoms with Gasteiger partial charge < -0.3 is 19.9 Å². The second-order valence-electron chi connectivity index (χ2n) is 5.35. The van der Waals surface area contributed by atoms with E-state index in [1.165, 1.54) is 0 Å². The van der Waals surface area contributed by atoms with Crippen LogP contribution in [0, 0.1) is 5.92 Å². The number of hydrogen-bond acceptors (Lipinski definition) is 4. The van der Waals surface area contributed by atoms with Crippen LogP contribution in [0.25, 0.3) is 0 Å². The Morgan fingerprint density at radius 3 is 2.65 bits per heavy atom. The molecule has 0 fully saturated rings. The van der Waals surface area contributed by atoms with E-state index in [-0.39, 0.29) is 6.61 Å². The number of nitrogens with one attached hydrogen (secondary N) is 1. The molecule has 0 aliphatic carbocycles. The van der Waals surface area contributed by atoms with Crippen LogP contribution < -0.4 is 14.8 Å². The fraction of sp³-hybridized carbons (Fsp3) is 0.625. The van der Waals surface area contributed by atoms with Gasteiger partial charge in [0.05, 0.1) is 13.2 Å². The highest BCUT2D eigenvalue weighted by Gasteiger charge is 2.12. The highest BCUT2D eigenvalue weighted by atomic mass is 16.5. The number of aliphatic hydroxyl groups is 1. The van der Waals surface area contributed by atoms with Gasteiger partial charge in [0.15, 0.2) is 11.5 Å². The number of methoxy groups -OCH3 is 1. The molecule has 1 aromatic carbocycles. The molecule has 1 atom stereocenters. The maximum Gasteiger partial charge on any atom is 0.165 e. The summed E-state index contributed by atoms with van der Waals surface area (Å²) < 4.78 is 11.1. The lowest BCUT2D eigenvalue weighted by Crippen LogP contribution is -2.21. The summed E-state index contributed by atoms with van der Waals surface area (Å²) in [5.74, 6) is 2.03. The van der Waals surface area contributed by atoms with E-state index in [1.54, 1.807) is 7.11 Å². The molecule has 2 N–H and O–H groups in total. The molecule has 0 saturated carbocycles. The zero-order chi connectivity index (χ0) is 15.0. The lowest BCUT2D eigenvalue weighted by molar-refractivity contribution is 0.102. The summed E-state index contributed by atoms with van der Waals surface area (Å²) in [4.78, 5) is 0. The van der Waals surface area contributed by atoms with Crippen molar-refractivity contribution in [3.05, 3.63) is 23.8 Å². The van der Waals surface area contributed by atoms with Gasteiger partial charge in [-0.15, -0.1) is 0 Å². The molecule has 0 radical (unpaired) electrons. The van der Waals surface area contributed by atoms with Gasteiger partial charge in [-0.3, -0.25) is 0 Å². The van der Waals surface area contributed by atoms with Gasteiger partial charge in [0.1, 0.15) is 6.61 Å². The topological polar surface area (TPSA) is 50.7 Å². The molecule has 1 unspecified atom stereocenters. The summed E-state index contributed by atoms with van der Waals surface area (Å²) in [6.07, 6.45) is 0.229. The molecule has 0 saturated heterocycles. The van der Waals surface area contributed by atoms with Gasteiger partial charge in [-0.05, 0) is 24.9 Å². The summed E-state index contributed by atoms with van der Waals surface area (Å²) in [6, 6.07) is 5.84. The Labute approximate surface area is 122 Å². The average Bonchev–Trinajstić information content (AvgIpc) is 2.44. The van der Waals surface area contributed by atoms with Crippen LogP contribution in [0.15, 0.2) is 18.2 Å².